The zero-order chi connectivity index (χ0) is 17.2. The van der Waals surface area contributed by atoms with Gasteiger partial charge in [0.2, 0.25) is 0 Å². The molecule has 1 aromatic heterocycles. The maximum Gasteiger partial charge on any atom is 0.287 e. The van der Waals surface area contributed by atoms with E-state index < -0.39 is 0 Å². The molecule has 0 atom stereocenters. The number of benzene rings is 1. The van der Waals surface area contributed by atoms with Gasteiger partial charge in [-0.3, -0.25) is 9.79 Å². The Kier molecular flexibility index (Phi) is 6.89. The number of furan rings is 1. The number of nitrogens with zero attached hydrogens (tertiary/aromatic N) is 1. The van der Waals surface area contributed by atoms with Gasteiger partial charge >= 0.3 is 0 Å². The molecule has 0 spiro atoms. The largest absolute Gasteiger partial charge is 0.459 e. The Hall–Kier alpha value is -2.76. The molecule has 2 rings (SSSR count). The van der Waals surface area contributed by atoms with Crippen molar-refractivity contribution in [3.63, 3.8) is 0 Å². The maximum atomic E-state index is 11.9. The maximum absolute atomic E-state index is 11.9. The van der Waals surface area contributed by atoms with Gasteiger partial charge in [0, 0.05) is 32.2 Å². The normalized spacial score (nSPS) is 11.2. The van der Waals surface area contributed by atoms with Crippen LogP contribution in [0.2, 0.25) is 0 Å². The van der Waals surface area contributed by atoms with Crippen molar-refractivity contribution >= 4 is 11.9 Å². The zero-order valence-electron chi connectivity index (χ0n) is 14.1. The van der Waals surface area contributed by atoms with Gasteiger partial charge < -0.3 is 20.4 Å². The van der Waals surface area contributed by atoms with Crippen LogP contribution in [0.25, 0.3) is 0 Å². The van der Waals surface area contributed by atoms with E-state index in [2.05, 4.69) is 33.1 Å². The first-order valence-electron chi connectivity index (χ1n) is 8.01. The fraction of sp³-hybridized carbons (Fsp3) is 0.333. The van der Waals surface area contributed by atoms with Crippen LogP contribution in [0.3, 0.4) is 0 Å². The summed E-state index contributed by atoms with van der Waals surface area (Å²) < 4.78 is 5.16. The molecule has 1 aromatic carbocycles. The predicted octanol–water partition coefficient (Wildman–Crippen LogP) is 2.07. The monoisotopic (exact) mass is 328 g/mol. The van der Waals surface area contributed by atoms with E-state index in [-0.39, 0.29) is 5.91 Å². The highest BCUT2D eigenvalue weighted by Crippen LogP contribution is 2.07. The molecular weight excluding hydrogens is 304 g/mol. The number of hydrogen-bond donors (Lipinski definition) is 3. The smallest absolute Gasteiger partial charge is 0.287 e. The number of hydrogen-bond acceptors (Lipinski definition) is 3. The van der Waals surface area contributed by atoms with E-state index in [1.807, 2.05) is 25.1 Å². The second-order valence-electron chi connectivity index (χ2n) is 5.38. The molecule has 2 aromatic rings. The molecule has 3 N–H and O–H groups in total. The minimum Gasteiger partial charge on any atom is -0.459 e. The van der Waals surface area contributed by atoms with Crippen LogP contribution in [0.15, 0.2) is 52.1 Å². The molecule has 1 heterocycles. The lowest BCUT2D eigenvalue weighted by molar-refractivity contribution is 0.0925. The molecule has 1 amide bonds. The molecule has 0 aliphatic carbocycles. The van der Waals surface area contributed by atoms with Crippen LogP contribution < -0.4 is 16.0 Å². The Morgan fingerprint density at radius 3 is 2.50 bits per heavy atom. The SMILES string of the molecule is CN=C(NCCCNC(=O)c1occc1C)NCc1ccccc1. The first kappa shape index (κ1) is 17.6. The molecule has 0 unspecified atom stereocenters. The van der Waals surface area contributed by atoms with Crippen LogP contribution in [0.5, 0.6) is 0 Å². The predicted molar refractivity (Wildman–Crippen MR) is 95.0 cm³/mol. The van der Waals surface area contributed by atoms with E-state index in [4.69, 9.17) is 4.42 Å². The highest BCUT2D eigenvalue weighted by atomic mass is 16.3. The molecule has 6 heteroatoms. The van der Waals surface area contributed by atoms with E-state index >= 15 is 0 Å². The van der Waals surface area contributed by atoms with Crippen LogP contribution in [0.1, 0.15) is 28.1 Å². The van der Waals surface area contributed by atoms with Gasteiger partial charge in [-0.05, 0) is 25.0 Å². The van der Waals surface area contributed by atoms with Gasteiger partial charge in [0.05, 0.1) is 6.26 Å². The van der Waals surface area contributed by atoms with Crippen molar-refractivity contribution in [2.24, 2.45) is 4.99 Å². The van der Waals surface area contributed by atoms with Crippen LogP contribution in [0.4, 0.5) is 0 Å². The fourth-order valence-corrected chi connectivity index (χ4v) is 2.18. The molecule has 24 heavy (non-hydrogen) atoms. The van der Waals surface area contributed by atoms with E-state index in [1.54, 1.807) is 13.1 Å². The van der Waals surface area contributed by atoms with Crippen LogP contribution >= 0.6 is 0 Å². The van der Waals surface area contributed by atoms with Crippen LogP contribution in [0, 0.1) is 6.92 Å². The molecule has 128 valence electrons. The first-order valence-corrected chi connectivity index (χ1v) is 8.01. The summed E-state index contributed by atoms with van der Waals surface area (Å²) in [6.45, 7) is 3.85. The summed E-state index contributed by atoms with van der Waals surface area (Å²) in [5, 5.41) is 9.32. The zero-order valence-corrected chi connectivity index (χ0v) is 14.1. The summed E-state index contributed by atoms with van der Waals surface area (Å²) in [5.74, 6) is 0.944. The molecule has 0 fully saturated rings. The molecule has 0 aliphatic rings. The third-order valence-corrected chi connectivity index (χ3v) is 3.53. The second-order valence-corrected chi connectivity index (χ2v) is 5.38. The van der Waals surface area contributed by atoms with Gasteiger partial charge in [-0.1, -0.05) is 30.3 Å². The summed E-state index contributed by atoms with van der Waals surface area (Å²) in [7, 11) is 1.74. The second kappa shape index (κ2) is 9.39. The topological polar surface area (TPSA) is 78.7 Å². The standard InChI is InChI=1S/C18H24N4O2/c1-14-9-12-24-16(14)17(23)20-10-6-11-21-18(19-2)22-13-15-7-4-3-5-8-15/h3-5,7-9,12H,6,10-11,13H2,1-2H3,(H,20,23)(H2,19,21,22). The third-order valence-electron chi connectivity index (χ3n) is 3.53. The van der Waals surface area contributed by atoms with E-state index in [0.29, 0.717) is 18.8 Å². The summed E-state index contributed by atoms with van der Waals surface area (Å²) >= 11 is 0. The Labute approximate surface area is 142 Å². The van der Waals surface area contributed by atoms with Crippen molar-refractivity contribution in [2.75, 3.05) is 20.1 Å². The van der Waals surface area contributed by atoms with Crippen molar-refractivity contribution in [3.05, 3.63) is 59.5 Å². The van der Waals surface area contributed by atoms with Crippen molar-refractivity contribution < 1.29 is 9.21 Å². The quantitative estimate of drug-likeness (QED) is 0.413. The number of carbonyl (C=O) groups excluding carboxylic acids is 1. The highest BCUT2D eigenvalue weighted by Gasteiger charge is 2.11. The van der Waals surface area contributed by atoms with Gasteiger partial charge in [0.1, 0.15) is 0 Å². The third kappa shape index (κ3) is 5.46. The molecule has 0 radical (unpaired) electrons. The number of carbonyl (C=O) groups is 1. The van der Waals surface area contributed by atoms with E-state index in [1.165, 1.54) is 11.8 Å². The Balaban J connectivity index is 1.62. The summed E-state index contributed by atoms with van der Waals surface area (Å²) in [6, 6.07) is 11.9. The first-order chi connectivity index (χ1) is 11.7. The average molecular weight is 328 g/mol. The van der Waals surface area contributed by atoms with Gasteiger partial charge in [-0.15, -0.1) is 0 Å². The van der Waals surface area contributed by atoms with Crippen LogP contribution in [-0.4, -0.2) is 32.0 Å². The number of amides is 1. The molecular formula is C18H24N4O2. The van der Waals surface area contributed by atoms with Crippen molar-refractivity contribution in [3.8, 4) is 0 Å². The molecule has 0 saturated carbocycles. The lowest BCUT2D eigenvalue weighted by Gasteiger charge is -2.12. The van der Waals surface area contributed by atoms with Gasteiger partial charge in [0.15, 0.2) is 11.7 Å². The summed E-state index contributed by atoms with van der Waals surface area (Å²) in [5.41, 5.74) is 2.04. The van der Waals surface area contributed by atoms with E-state index in [0.717, 1.165) is 24.5 Å². The number of aliphatic imine (C=N–C) groups is 1. The summed E-state index contributed by atoms with van der Waals surface area (Å²) in [6.07, 6.45) is 2.31. The highest BCUT2D eigenvalue weighted by molar-refractivity contribution is 5.92. The molecule has 0 bridgehead atoms. The van der Waals surface area contributed by atoms with Gasteiger partial charge in [-0.25, -0.2) is 0 Å². The van der Waals surface area contributed by atoms with Crippen LogP contribution in [-0.2, 0) is 6.54 Å². The lowest BCUT2D eigenvalue weighted by atomic mass is 10.2. The molecule has 6 nitrogen and oxygen atoms in total. The van der Waals surface area contributed by atoms with Crippen molar-refractivity contribution in [2.45, 2.75) is 19.9 Å². The fourth-order valence-electron chi connectivity index (χ4n) is 2.18. The average Bonchev–Trinajstić information content (AvgIpc) is 3.04. The van der Waals surface area contributed by atoms with Crippen molar-refractivity contribution in [1.82, 2.24) is 16.0 Å². The minimum atomic E-state index is -0.177. The Morgan fingerprint density at radius 1 is 1.08 bits per heavy atom. The van der Waals surface area contributed by atoms with E-state index in [9.17, 15) is 4.79 Å². The number of guanidine groups is 1. The number of rotatable bonds is 7. The van der Waals surface area contributed by atoms with Crippen molar-refractivity contribution in [1.29, 1.82) is 0 Å². The molecule has 0 saturated heterocycles. The summed E-state index contributed by atoms with van der Waals surface area (Å²) in [4.78, 5) is 16.1. The number of nitrogens with one attached hydrogen (secondary N) is 3. The van der Waals surface area contributed by atoms with Gasteiger partial charge in [0.25, 0.3) is 5.91 Å². The number of aryl methyl sites for hydroxylation is 1. The lowest BCUT2D eigenvalue weighted by Crippen LogP contribution is -2.38. The molecule has 0 aliphatic heterocycles. The van der Waals surface area contributed by atoms with Gasteiger partial charge in [-0.2, -0.15) is 0 Å². The Bertz CT molecular complexity index is 665. The minimum absolute atomic E-state index is 0.177. The Morgan fingerprint density at radius 2 is 1.83 bits per heavy atom.